The first-order chi connectivity index (χ1) is 25.8. The van der Waals surface area contributed by atoms with Gasteiger partial charge in [0.2, 0.25) is 0 Å². The second-order valence-electron chi connectivity index (χ2n) is 13.3. The molecule has 52 heavy (non-hydrogen) atoms. The second-order valence-corrected chi connectivity index (χ2v) is 14.4. The summed E-state index contributed by atoms with van der Waals surface area (Å²) < 4.78 is 2.59. The zero-order valence-corrected chi connectivity index (χ0v) is 29.2. The first kappa shape index (κ1) is 30.4. The maximum Gasteiger partial charge on any atom is 0.0554 e. The lowest BCUT2D eigenvalue weighted by Crippen LogP contribution is -2.10. The Labute approximate surface area is 307 Å². The molecule has 2 heteroatoms. The van der Waals surface area contributed by atoms with Gasteiger partial charge in [-0.3, -0.25) is 0 Å². The fourth-order valence-electron chi connectivity index (χ4n) is 7.69. The summed E-state index contributed by atoms with van der Waals surface area (Å²) in [4.78, 5) is 2.42. The number of hydrogen-bond donors (Lipinski definition) is 0. The maximum absolute atomic E-state index is 2.42. The molecule has 0 aliphatic carbocycles. The Hall–Kier alpha value is -6.48. The minimum Gasteiger partial charge on any atom is -0.310 e. The van der Waals surface area contributed by atoms with E-state index < -0.39 is 0 Å². The van der Waals surface area contributed by atoms with Gasteiger partial charge < -0.3 is 4.90 Å². The van der Waals surface area contributed by atoms with Gasteiger partial charge >= 0.3 is 0 Å². The summed E-state index contributed by atoms with van der Waals surface area (Å²) >= 11 is 1.86. The average molecular weight is 680 g/mol. The van der Waals surface area contributed by atoms with Gasteiger partial charge in [-0.15, -0.1) is 11.3 Å². The maximum atomic E-state index is 2.42. The minimum atomic E-state index is 1.12. The smallest absolute Gasteiger partial charge is 0.0554 e. The number of thiophene rings is 1. The lowest BCUT2D eigenvalue weighted by atomic mass is 9.95. The van der Waals surface area contributed by atoms with Gasteiger partial charge in [-0.1, -0.05) is 146 Å². The van der Waals surface area contributed by atoms with Crippen LogP contribution >= 0.6 is 11.3 Å². The van der Waals surface area contributed by atoms with E-state index in [2.05, 4.69) is 205 Å². The third-order valence-electron chi connectivity index (χ3n) is 10.3. The third kappa shape index (κ3) is 5.33. The standard InChI is InChI=1S/C50H33NS/c1-2-12-38-32-40(23-22-34(38)10-1)36-26-30-43(31-27-36)51(47-19-9-21-49-50(47)46-17-5-6-20-48(46)52-49)42-28-24-35(25-29-42)39-14-7-15-41(33-39)45-18-8-13-37-11-3-4-16-44(37)45/h1-33H. The fraction of sp³-hybridized carbons (Fsp3) is 0. The zero-order chi connectivity index (χ0) is 34.4. The Kier molecular flexibility index (Phi) is 7.41. The largest absolute Gasteiger partial charge is 0.310 e. The molecule has 0 unspecified atom stereocenters. The van der Waals surface area contributed by atoms with Crippen LogP contribution in [0.25, 0.3) is 75.1 Å². The molecule has 1 nitrogen and oxygen atoms in total. The Morgan fingerprint density at radius 1 is 0.327 bits per heavy atom. The Balaban J connectivity index is 1.07. The van der Waals surface area contributed by atoms with Crippen molar-refractivity contribution in [1.29, 1.82) is 0 Å². The zero-order valence-electron chi connectivity index (χ0n) is 28.4. The number of nitrogens with zero attached hydrogens (tertiary/aromatic N) is 1. The van der Waals surface area contributed by atoms with Crippen molar-refractivity contribution < 1.29 is 0 Å². The SMILES string of the molecule is c1cc(-c2ccc(N(c3ccc(-c4ccc5ccccc5c4)cc3)c3cccc4sc5ccccc5c34)cc2)cc(-c2cccc3ccccc23)c1. The van der Waals surface area contributed by atoms with Gasteiger partial charge in [0.25, 0.3) is 0 Å². The topological polar surface area (TPSA) is 3.24 Å². The van der Waals surface area contributed by atoms with Gasteiger partial charge in [0.05, 0.1) is 5.69 Å². The molecule has 0 bridgehead atoms. The van der Waals surface area contributed by atoms with E-state index in [1.165, 1.54) is 80.8 Å². The Bertz CT molecular complexity index is 2890. The van der Waals surface area contributed by atoms with Crippen molar-refractivity contribution in [2.24, 2.45) is 0 Å². The van der Waals surface area contributed by atoms with Crippen LogP contribution in [-0.2, 0) is 0 Å². The first-order valence-electron chi connectivity index (χ1n) is 17.8. The molecule has 0 fully saturated rings. The number of benzene rings is 9. The second kappa shape index (κ2) is 12.7. The van der Waals surface area contributed by atoms with Crippen LogP contribution in [0.15, 0.2) is 200 Å². The van der Waals surface area contributed by atoms with E-state index in [9.17, 15) is 0 Å². The van der Waals surface area contributed by atoms with Crippen molar-refractivity contribution in [2.45, 2.75) is 0 Å². The van der Waals surface area contributed by atoms with Crippen LogP contribution in [0.3, 0.4) is 0 Å². The third-order valence-corrected chi connectivity index (χ3v) is 11.4. The normalized spacial score (nSPS) is 11.5. The van der Waals surface area contributed by atoms with Gasteiger partial charge in [0, 0.05) is 31.5 Å². The molecule has 0 saturated heterocycles. The van der Waals surface area contributed by atoms with E-state index in [1.54, 1.807) is 0 Å². The van der Waals surface area contributed by atoms with Crippen LogP contribution in [0.5, 0.6) is 0 Å². The fourth-order valence-corrected chi connectivity index (χ4v) is 8.81. The molecule has 9 aromatic carbocycles. The molecule has 10 rings (SSSR count). The lowest BCUT2D eigenvalue weighted by Gasteiger charge is -2.27. The first-order valence-corrected chi connectivity index (χ1v) is 18.6. The predicted octanol–water partition coefficient (Wildman–Crippen LogP) is 14.8. The highest BCUT2D eigenvalue weighted by Crippen LogP contribution is 2.45. The van der Waals surface area contributed by atoms with Crippen LogP contribution in [-0.4, -0.2) is 0 Å². The monoisotopic (exact) mass is 679 g/mol. The van der Waals surface area contributed by atoms with Gasteiger partial charge in [-0.25, -0.2) is 0 Å². The van der Waals surface area contributed by atoms with E-state index in [-0.39, 0.29) is 0 Å². The number of anilines is 3. The van der Waals surface area contributed by atoms with Gasteiger partial charge in [0.1, 0.15) is 0 Å². The summed E-state index contributed by atoms with van der Waals surface area (Å²) in [6.07, 6.45) is 0. The predicted molar refractivity (Wildman–Crippen MR) is 225 cm³/mol. The van der Waals surface area contributed by atoms with Crippen LogP contribution < -0.4 is 4.90 Å². The van der Waals surface area contributed by atoms with Crippen LogP contribution in [0, 0.1) is 0 Å². The molecule has 0 saturated carbocycles. The molecule has 1 aromatic heterocycles. The van der Waals surface area contributed by atoms with Crippen molar-refractivity contribution in [3.63, 3.8) is 0 Å². The molecule has 0 atom stereocenters. The van der Waals surface area contributed by atoms with Gasteiger partial charge in [-0.2, -0.15) is 0 Å². The van der Waals surface area contributed by atoms with E-state index in [0.717, 1.165) is 11.4 Å². The van der Waals surface area contributed by atoms with E-state index in [4.69, 9.17) is 0 Å². The molecule has 244 valence electrons. The molecule has 0 aliphatic heterocycles. The summed E-state index contributed by atoms with van der Waals surface area (Å²) in [5, 5.41) is 7.62. The molecular formula is C50H33NS. The van der Waals surface area contributed by atoms with Crippen molar-refractivity contribution in [2.75, 3.05) is 4.90 Å². The van der Waals surface area contributed by atoms with Crippen LogP contribution in [0.1, 0.15) is 0 Å². The Morgan fingerprint density at radius 3 is 1.67 bits per heavy atom. The van der Waals surface area contributed by atoms with Crippen molar-refractivity contribution in [1.82, 2.24) is 0 Å². The lowest BCUT2D eigenvalue weighted by molar-refractivity contribution is 1.30. The molecule has 0 N–H and O–H groups in total. The summed E-state index contributed by atoms with van der Waals surface area (Å²) in [6, 6.07) is 73.0. The summed E-state index contributed by atoms with van der Waals surface area (Å²) in [5.41, 5.74) is 10.7. The summed E-state index contributed by atoms with van der Waals surface area (Å²) in [7, 11) is 0. The molecule has 0 amide bonds. The molecule has 1 heterocycles. The molecule has 10 aromatic rings. The molecule has 0 spiro atoms. The van der Waals surface area contributed by atoms with E-state index in [0.29, 0.717) is 0 Å². The Morgan fingerprint density at radius 2 is 0.885 bits per heavy atom. The van der Waals surface area contributed by atoms with Gasteiger partial charge in [-0.05, 0) is 110 Å². The number of rotatable bonds is 6. The van der Waals surface area contributed by atoms with Crippen LogP contribution in [0.2, 0.25) is 0 Å². The highest BCUT2D eigenvalue weighted by molar-refractivity contribution is 7.26. The highest BCUT2D eigenvalue weighted by atomic mass is 32.1. The number of fused-ring (bicyclic) bond motifs is 5. The van der Waals surface area contributed by atoms with Crippen molar-refractivity contribution in [3.05, 3.63) is 200 Å². The van der Waals surface area contributed by atoms with Crippen LogP contribution in [0.4, 0.5) is 17.1 Å². The van der Waals surface area contributed by atoms with Crippen molar-refractivity contribution >= 4 is 70.1 Å². The highest BCUT2D eigenvalue weighted by Gasteiger charge is 2.19. The quantitative estimate of drug-likeness (QED) is 0.169. The van der Waals surface area contributed by atoms with E-state index >= 15 is 0 Å². The minimum absolute atomic E-state index is 1.12. The molecule has 0 aliphatic rings. The summed E-state index contributed by atoms with van der Waals surface area (Å²) in [6.45, 7) is 0. The van der Waals surface area contributed by atoms with Crippen molar-refractivity contribution in [3.8, 4) is 33.4 Å². The molecular weight excluding hydrogens is 647 g/mol. The number of hydrogen-bond acceptors (Lipinski definition) is 2. The van der Waals surface area contributed by atoms with E-state index in [1.807, 2.05) is 11.3 Å². The average Bonchev–Trinajstić information content (AvgIpc) is 3.61. The summed E-state index contributed by atoms with van der Waals surface area (Å²) in [5.74, 6) is 0. The molecule has 0 radical (unpaired) electrons. The van der Waals surface area contributed by atoms with Gasteiger partial charge in [0.15, 0.2) is 0 Å².